The predicted molar refractivity (Wildman–Crippen MR) is 82.4 cm³/mol. The fraction of sp³-hybridized carbons (Fsp3) is 0.625. The van der Waals surface area contributed by atoms with Gasteiger partial charge in [0.1, 0.15) is 0 Å². The lowest BCUT2D eigenvalue weighted by molar-refractivity contribution is 0.510. The van der Waals surface area contributed by atoms with Gasteiger partial charge in [-0.3, -0.25) is 0 Å². The van der Waals surface area contributed by atoms with Gasteiger partial charge < -0.3 is 5.32 Å². The van der Waals surface area contributed by atoms with E-state index in [0.717, 1.165) is 18.4 Å². The normalized spacial score (nSPS) is 23.9. The minimum absolute atomic E-state index is 0.705. The van der Waals surface area contributed by atoms with E-state index in [0.29, 0.717) is 6.04 Å². The van der Waals surface area contributed by atoms with Gasteiger partial charge in [0, 0.05) is 11.8 Å². The second kappa shape index (κ2) is 7.20. The zero-order chi connectivity index (χ0) is 12.8. The molecule has 3 atom stereocenters. The highest BCUT2D eigenvalue weighted by atomic mass is 32.2. The average molecular weight is 263 g/mol. The van der Waals surface area contributed by atoms with Crippen LogP contribution >= 0.6 is 11.8 Å². The molecule has 0 heterocycles. The molecule has 0 bridgehead atoms. The highest BCUT2D eigenvalue weighted by molar-refractivity contribution is 7.99. The molecule has 2 heteroatoms. The van der Waals surface area contributed by atoms with Crippen molar-refractivity contribution in [2.45, 2.75) is 38.6 Å². The first-order valence-corrected chi connectivity index (χ1v) is 8.38. The summed E-state index contributed by atoms with van der Waals surface area (Å²) in [7, 11) is 0. The Kier molecular flexibility index (Phi) is 5.58. The molecule has 0 aromatic heterocycles. The lowest BCUT2D eigenvalue weighted by Crippen LogP contribution is -2.33. The molecule has 1 saturated carbocycles. The molecule has 0 aliphatic heterocycles. The van der Waals surface area contributed by atoms with Crippen LogP contribution in [0.25, 0.3) is 0 Å². The summed E-state index contributed by atoms with van der Waals surface area (Å²) in [6.07, 6.45) is 2.66. The second-order valence-electron chi connectivity index (χ2n) is 5.16. The van der Waals surface area contributed by atoms with Crippen LogP contribution in [-0.4, -0.2) is 24.1 Å². The summed E-state index contributed by atoms with van der Waals surface area (Å²) in [6.45, 7) is 5.58. The van der Waals surface area contributed by atoms with Gasteiger partial charge in [0.05, 0.1) is 0 Å². The van der Waals surface area contributed by atoms with Crippen molar-refractivity contribution in [2.75, 3.05) is 18.1 Å². The van der Waals surface area contributed by atoms with Gasteiger partial charge in [-0.25, -0.2) is 0 Å². The van der Waals surface area contributed by atoms with E-state index in [4.69, 9.17) is 0 Å². The molecule has 1 N–H and O–H groups in total. The van der Waals surface area contributed by atoms with E-state index in [2.05, 4.69) is 61.3 Å². The van der Waals surface area contributed by atoms with Crippen LogP contribution in [0.4, 0.5) is 0 Å². The Hall–Kier alpha value is -0.470. The van der Waals surface area contributed by atoms with Crippen LogP contribution in [0.1, 0.15) is 38.2 Å². The molecule has 2 rings (SSSR count). The molecular weight excluding hydrogens is 238 g/mol. The van der Waals surface area contributed by atoms with Gasteiger partial charge in [0.15, 0.2) is 0 Å². The first-order chi connectivity index (χ1) is 8.86. The van der Waals surface area contributed by atoms with Crippen molar-refractivity contribution >= 4 is 11.8 Å². The van der Waals surface area contributed by atoms with Crippen molar-refractivity contribution in [3.63, 3.8) is 0 Å². The quantitative estimate of drug-likeness (QED) is 0.714. The summed E-state index contributed by atoms with van der Waals surface area (Å²) in [4.78, 5) is 0. The number of thioether (sulfide) groups is 1. The van der Waals surface area contributed by atoms with Crippen molar-refractivity contribution in [1.82, 2.24) is 5.32 Å². The molecule has 100 valence electrons. The van der Waals surface area contributed by atoms with E-state index in [1.165, 1.54) is 29.9 Å². The first kappa shape index (κ1) is 14.0. The maximum absolute atomic E-state index is 3.68. The van der Waals surface area contributed by atoms with Crippen LogP contribution in [0, 0.1) is 5.92 Å². The number of rotatable bonds is 8. The summed E-state index contributed by atoms with van der Waals surface area (Å²) in [5.41, 5.74) is 1.53. The van der Waals surface area contributed by atoms with Gasteiger partial charge in [-0.15, -0.1) is 0 Å². The highest BCUT2D eigenvalue weighted by Crippen LogP contribution is 2.49. The third-order valence-corrected chi connectivity index (χ3v) is 4.99. The third kappa shape index (κ3) is 3.76. The summed E-state index contributed by atoms with van der Waals surface area (Å²) in [5.74, 6) is 4.23. The van der Waals surface area contributed by atoms with Crippen molar-refractivity contribution in [1.29, 1.82) is 0 Å². The van der Waals surface area contributed by atoms with E-state index in [1.807, 2.05) is 0 Å². The Labute approximate surface area is 116 Å². The van der Waals surface area contributed by atoms with Crippen molar-refractivity contribution in [3.05, 3.63) is 35.9 Å². The molecule has 0 saturated heterocycles. The molecule has 18 heavy (non-hydrogen) atoms. The molecule has 3 unspecified atom stereocenters. The molecule has 1 aromatic carbocycles. The molecule has 1 aliphatic carbocycles. The lowest BCUT2D eigenvalue weighted by atomic mass is 10.1. The van der Waals surface area contributed by atoms with E-state index >= 15 is 0 Å². The lowest BCUT2D eigenvalue weighted by Gasteiger charge is -2.17. The largest absolute Gasteiger partial charge is 0.313 e. The van der Waals surface area contributed by atoms with Crippen molar-refractivity contribution in [3.8, 4) is 0 Å². The molecule has 1 fully saturated rings. The predicted octanol–water partition coefficient (Wildman–Crippen LogP) is 3.91. The average Bonchev–Trinajstić information content (AvgIpc) is 3.19. The third-order valence-electron chi connectivity index (χ3n) is 3.70. The summed E-state index contributed by atoms with van der Waals surface area (Å²) < 4.78 is 0. The van der Waals surface area contributed by atoms with Crippen molar-refractivity contribution < 1.29 is 0 Å². The SMILES string of the molecule is CCCSCC(NCC)C1CC1c1ccccc1. The van der Waals surface area contributed by atoms with Crippen LogP contribution in [0.15, 0.2) is 30.3 Å². The van der Waals surface area contributed by atoms with Crippen LogP contribution in [0.2, 0.25) is 0 Å². The van der Waals surface area contributed by atoms with Crippen LogP contribution in [0.5, 0.6) is 0 Å². The Bertz CT molecular complexity index is 338. The second-order valence-corrected chi connectivity index (χ2v) is 6.31. The number of nitrogens with one attached hydrogen (secondary N) is 1. The minimum Gasteiger partial charge on any atom is -0.313 e. The van der Waals surface area contributed by atoms with Crippen molar-refractivity contribution in [2.24, 2.45) is 5.92 Å². The summed E-state index contributed by atoms with van der Waals surface area (Å²) in [5, 5.41) is 3.68. The van der Waals surface area contributed by atoms with Crippen LogP contribution in [-0.2, 0) is 0 Å². The smallest absolute Gasteiger partial charge is 0.0192 e. The maximum Gasteiger partial charge on any atom is 0.0192 e. The Morgan fingerprint density at radius 1 is 1.28 bits per heavy atom. The van der Waals surface area contributed by atoms with Crippen LogP contribution in [0.3, 0.4) is 0 Å². The van der Waals surface area contributed by atoms with Gasteiger partial charge >= 0.3 is 0 Å². The zero-order valence-corrected chi connectivity index (χ0v) is 12.4. The minimum atomic E-state index is 0.705. The standard InChI is InChI=1S/C16H25NS/c1-3-10-18-12-16(17-4-2)15-11-14(15)13-8-6-5-7-9-13/h5-9,14-17H,3-4,10-12H2,1-2H3. The molecule has 0 amide bonds. The van der Waals surface area contributed by atoms with E-state index in [-0.39, 0.29) is 0 Å². The van der Waals surface area contributed by atoms with E-state index < -0.39 is 0 Å². The molecule has 0 radical (unpaired) electrons. The van der Waals surface area contributed by atoms with Gasteiger partial charge in [-0.1, -0.05) is 44.2 Å². The Morgan fingerprint density at radius 3 is 2.72 bits per heavy atom. The molecular formula is C16H25NS. The van der Waals surface area contributed by atoms with E-state index in [1.54, 1.807) is 0 Å². The Balaban J connectivity index is 1.85. The summed E-state index contributed by atoms with van der Waals surface area (Å²) in [6, 6.07) is 11.7. The highest BCUT2D eigenvalue weighted by Gasteiger charge is 2.43. The molecule has 1 aliphatic rings. The fourth-order valence-electron chi connectivity index (χ4n) is 2.69. The topological polar surface area (TPSA) is 12.0 Å². The number of benzene rings is 1. The van der Waals surface area contributed by atoms with Gasteiger partial charge in [0.25, 0.3) is 0 Å². The zero-order valence-electron chi connectivity index (χ0n) is 11.6. The fourth-order valence-corrected chi connectivity index (χ4v) is 3.77. The maximum atomic E-state index is 3.68. The summed E-state index contributed by atoms with van der Waals surface area (Å²) >= 11 is 2.10. The number of hydrogen-bond acceptors (Lipinski definition) is 2. The van der Waals surface area contributed by atoms with E-state index in [9.17, 15) is 0 Å². The first-order valence-electron chi connectivity index (χ1n) is 7.22. The Morgan fingerprint density at radius 2 is 2.06 bits per heavy atom. The number of hydrogen-bond donors (Lipinski definition) is 1. The molecule has 0 spiro atoms. The van der Waals surface area contributed by atoms with Gasteiger partial charge in [0.2, 0.25) is 0 Å². The van der Waals surface area contributed by atoms with Gasteiger partial charge in [-0.2, -0.15) is 11.8 Å². The molecule has 1 aromatic rings. The van der Waals surface area contributed by atoms with Gasteiger partial charge in [-0.05, 0) is 42.5 Å². The molecule has 1 nitrogen and oxygen atoms in total. The monoisotopic (exact) mass is 263 g/mol. The van der Waals surface area contributed by atoms with Crippen LogP contribution < -0.4 is 5.32 Å².